The first-order valence-electron chi connectivity index (χ1n) is 7.02. The maximum Gasteiger partial charge on any atom is 0.298 e. The van der Waals surface area contributed by atoms with E-state index >= 15 is 0 Å². The van der Waals surface area contributed by atoms with Crippen LogP contribution in [0.15, 0.2) is 45.7 Å². The highest BCUT2D eigenvalue weighted by atomic mass is 32.2. The van der Waals surface area contributed by atoms with Gasteiger partial charge in [0.05, 0.1) is 10.6 Å². The lowest BCUT2D eigenvalue weighted by atomic mass is 10.1. The zero-order valence-electron chi connectivity index (χ0n) is 12.3. The third-order valence-electron chi connectivity index (χ3n) is 3.43. The summed E-state index contributed by atoms with van der Waals surface area (Å²) in [4.78, 5) is 26.2. The summed E-state index contributed by atoms with van der Waals surface area (Å²) in [5, 5.41) is -0.288. The second-order valence-electron chi connectivity index (χ2n) is 4.99. The summed E-state index contributed by atoms with van der Waals surface area (Å²) in [5.74, 6) is 1.03. The molecule has 1 saturated heterocycles. The maximum absolute atomic E-state index is 12.5. The summed E-state index contributed by atoms with van der Waals surface area (Å²) in [6.45, 7) is 3.89. The van der Waals surface area contributed by atoms with Crippen LogP contribution < -0.4 is 4.90 Å². The van der Waals surface area contributed by atoms with E-state index in [0.29, 0.717) is 16.4 Å². The van der Waals surface area contributed by atoms with Crippen LogP contribution in [0.25, 0.3) is 6.08 Å². The largest absolute Gasteiger partial charge is 0.462 e. The molecular formula is C17H15NO3S. The van der Waals surface area contributed by atoms with Crippen molar-refractivity contribution in [2.75, 3.05) is 4.90 Å². The van der Waals surface area contributed by atoms with Crippen molar-refractivity contribution in [3.8, 4) is 0 Å². The Morgan fingerprint density at radius 3 is 2.45 bits per heavy atom. The first-order chi connectivity index (χ1) is 10.6. The molecule has 0 bridgehead atoms. The zero-order chi connectivity index (χ0) is 15.7. The summed E-state index contributed by atoms with van der Waals surface area (Å²) in [6, 6.07) is 11.1. The lowest BCUT2D eigenvalue weighted by molar-refractivity contribution is -0.113. The Kier molecular flexibility index (Phi) is 3.90. The molecule has 4 nitrogen and oxygen atoms in total. The number of carbonyl (C=O) groups is 2. The van der Waals surface area contributed by atoms with Crippen molar-refractivity contribution in [2.24, 2.45) is 0 Å². The molecule has 112 valence electrons. The van der Waals surface area contributed by atoms with E-state index < -0.39 is 0 Å². The molecule has 0 saturated carbocycles. The van der Waals surface area contributed by atoms with E-state index in [2.05, 4.69) is 6.92 Å². The number of hydrogen-bond donors (Lipinski definition) is 0. The summed E-state index contributed by atoms with van der Waals surface area (Å²) in [6.07, 6.45) is 2.53. The van der Waals surface area contributed by atoms with Crippen LogP contribution in [0, 0.1) is 6.92 Å². The number of aryl methyl sites for hydroxylation is 2. The van der Waals surface area contributed by atoms with Gasteiger partial charge in [-0.1, -0.05) is 19.1 Å². The van der Waals surface area contributed by atoms with Crippen molar-refractivity contribution in [3.05, 3.63) is 58.4 Å². The van der Waals surface area contributed by atoms with Crippen molar-refractivity contribution in [1.29, 1.82) is 0 Å². The molecule has 2 amide bonds. The van der Waals surface area contributed by atoms with Gasteiger partial charge in [0.15, 0.2) is 0 Å². The average molecular weight is 313 g/mol. The molecule has 1 fully saturated rings. The summed E-state index contributed by atoms with van der Waals surface area (Å²) < 4.78 is 5.43. The van der Waals surface area contributed by atoms with Crippen LogP contribution in [0.5, 0.6) is 0 Å². The van der Waals surface area contributed by atoms with Crippen molar-refractivity contribution < 1.29 is 14.0 Å². The molecule has 3 rings (SSSR count). The Morgan fingerprint density at radius 2 is 1.86 bits per heavy atom. The van der Waals surface area contributed by atoms with E-state index in [-0.39, 0.29) is 11.1 Å². The van der Waals surface area contributed by atoms with Gasteiger partial charge in [-0.15, -0.1) is 0 Å². The lowest BCUT2D eigenvalue weighted by Gasteiger charge is -2.12. The van der Waals surface area contributed by atoms with Gasteiger partial charge in [0.1, 0.15) is 11.5 Å². The lowest BCUT2D eigenvalue weighted by Crippen LogP contribution is -2.27. The highest BCUT2D eigenvalue weighted by Crippen LogP contribution is 2.35. The predicted octanol–water partition coefficient (Wildman–Crippen LogP) is 4.39. The molecule has 1 aromatic carbocycles. The van der Waals surface area contributed by atoms with Crippen molar-refractivity contribution in [2.45, 2.75) is 20.3 Å². The highest BCUT2D eigenvalue weighted by molar-refractivity contribution is 8.19. The number of benzene rings is 1. The molecule has 1 aliphatic rings. The number of amides is 2. The molecule has 0 aliphatic carbocycles. The molecule has 2 aromatic rings. The van der Waals surface area contributed by atoms with Crippen molar-refractivity contribution in [3.63, 3.8) is 0 Å². The Balaban J connectivity index is 1.89. The SMILES string of the molecule is CCc1ccc(N2C(=O)S/C(=C/c3ccc(C)o3)C2=O)cc1. The number of imide groups is 1. The summed E-state index contributed by atoms with van der Waals surface area (Å²) in [7, 11) is 0. The Bertz CT molecular complexity index is 758. The van der Waals surface area contributed by atoms with E-state index in [1.807, 2.05) is 25.1 Å². The van der Waals surface area contributed by atoms with Gasteiger partial charge in [0.25, 0.3) is 11.1 Å². The second-order valence-corrected chi connectivity index (χ2v) is 5.98. The number of furan rings is 1. The van der Waals surface area contributed by atoms with E-state index in [1.165, 1.54) is 4.90 Å². The van der Waals surface area contributed by atoms with Gasteiger partial charge >= 0.3 is 0 Å². The fourth-order valence-corrected chi connectivity index (χ4v) is 3.05. The molecule has 1 aliphatic heterocycles. The van der Waals surface area contributed by atoms with Crippen LogP contribution in [-0.4, -0.2) is 11.1 Å². The normalized spacial score (nSPS) is 16.8. The molecule has 1 aromatic heterocycles. The molecule has 0 N–H and O–H groups in total. The molecule has 0 atom stereocenters. The van der Waals surface area contributed by atoms with Crippen LogP contribution in [0.1, 0.15) is 24.0 Å². The van der Waals surface area contributed by atoms with Gasteiger partial charge in [-0.3, -0.25) is 9.59 Å². The van der Waals surface area contributed by atoms with Crippen LogP contribution >= 0.6 is 11.8 Å². The van der Waals surface area contributed by atoms with Gasteiger partial charge < -0.3 is 4.42 Å². The predicted molar refractivity (Wildman–Crippen MR) is 87.7 cm³/mol. The van der Waals surface area contributed by atoms with E-state index in [1.54, 1.807) is 24.3 Å². The fraction of sp³-hybridized carbons (Fsp3) is 0.176. The van der Waals surface area contributed by atoms with Crippen LogP contribution in [0.3, 0.4) is 0 Å². The zero-order valence-corrected chi connectivity index (χ0v) is 13.1. The molecular weight excluding hydrogens is 298 g/mol. The van der Waals surface area contributed by atoms with Gasteiger partial charge in [-0.05, 0) is 54.9 Å². The highest BCUT2D eigenvalue weighted by Gasteiger charge is 2.36. The van der Waals surface area contributed by atoms with Crippen LogP contribution in [-0.2, 0) is 11.2 Å². The van der Waals surface area contributed by atoms with Gasteiger partial charge in [0, 0.05) is 6.08 Å². The van der Waals surface area contributed by atoms with E-state index in [0.717, 1.165) is 29.5 Å². The van der Waals surface area contributed by atoms with Gasteiger partial charge in [-0.25, -0.2) is 4.90 Å². The molecule has 2 heterocycles. The number of hydrogen-bond acceptors (Lipinski definition) is 4. The number of rotatable bonds is 3. The Labute approximate surface area is 132 Å². The quantitative estimate of drug-likeness (QED) is 0.789. The topological polar surface area (TPSA) is 50.5 Å². The fourth-order valence-electron chi connectivity index (χ4n) is 2.23. The minimum Gasteiger partial charge on any atom is -0.462 e. The monoisotopic (exact) mass is 313 g/mol. The Morgan fingerprint density at radius 1 is 1.14 bits per heavy atom. The van der Waals surface area contributed by atoms with Crippen molar-refractivity contribution >= 4 is 34.7 Å². The van der Waals surface area contributed by atoms with Crippen molar-refractivity contribution in [1.82, 2.24) is 0 Å². The maximum atomic E-state index is 12.5. The summed E-state index contributed by atoms with van der Waals surface area (Å²) in [5.41, 5.74) is 1.76. The van der Waals surface area contributed by atoms with Gasteiger partial charge in [-0.2, -0.15) is 0 Å². The molecule has 0 unspecified atom stereocenters. The third kappa shape index (κ3) is 2.72. The van der Waals surface area contributed by atoms with Gasteiger partial charge in [0.2, 0.25) is 0 Å². The first kappa shape index (κ1) is 14.7. The number of anilines is 1. The third-order valence-corrected chi connectivity index (χ3v) is 4.30. The van der Waals surface area contributed by atoms with E-state index in [4.69, 9.17) is 4.42 Å². The second kappa shape index (κ2) is 5.85. The average Bonchev–Trinajstić information content (AvgIpc) is 3.03. The molecule has 0 radical (unpaired) electrons. The molecule has 5 heteroatoms. The minimum absolute atomic E-state index is 0.288. The first-order valence-corrected chi connectivity index (χ1v) is 7.83. The van der Waals surface area contributed by atoms with Crippen LogP contribution in [0.2, 0.25) is 0 Å². The van der Waals surface area contributed by atoms with Crippen LogP contribution in [0.4, 0.5) is 10.5 Å². The number of nitrogens with zero attached hydrogens (tertiary/aromatic N) is 1. The Hall–Kier alpha value is -2.27. The molecule has 0 spiro atoms. The number of carbonyl (C=O) groups excluding carboxylic acids is 2. The standard InChI is InChI=1S/C17H15NO3S/c1-3-12-5-7-13(8-6-12)18-16(19)15(22-17(18)20)10-14-9-4-11(2)21-14/h4-10H,3H2,1-2H3/b15-10+. The number of thioether (sulfide) groups is 1. The molecule has 22 heavy (non-hydrogen) atoms. The summed E-state index contributed by atoms with van der Waals surface area (Å²) >= 11 is 0.929. The smallest absolute Gasteiger partial charge is 0.298 e. The minimum atomic E-state index is -0.312. The van der Waals surface area contributed by atoms with E-state index in [9.17, 15) is 9.59 Å².